The molecule has 0 heterocycles. The first kappa shape index (κ1) is 13.6. The molecule has 0 amide bonds. The van der Waals surface area contributed by atoms with Crippen LogP contribution in [0, 0.1) is 12.7 Å². The molecular weight excluding hydrogens is 241 g/mol. The van der Waals surface area contributed by atoms with Gasteiger partial charge in [-0.25, -0.2) is 4.39 Å². The van der Waals surface area contributed by atoms with Crippen LogP contribution in [0.5, 0.6) is 5.75 Å². The number of benzene rings is 2. The molecule has 0 atom stereocenters. The second kappa shape index (κ2) is 6.34. The van der Waals surface area contributed by atoms with Crippen LogP contribution in [0.25, 0.3) is 0 Å². The molecule has 19 heavy (non-hydrogen) atoms. The van der Waals surface area contributed by atoms with Gasteiger partial charge < -0.3 is 10.1 Å². The molecule has 0 saturated heterocycles. The lowest BCUT2D eigenvalue weighted by Gasteiger charge is -2.12. The Hall–Kier alpha value is -1.87. The molecule has 0 unspecified atom stereocenters. The zero-order valence-electron chi connectivity index (χ0n) is 11.2. The second-order valence-corrected chi connectivity index (χ2v) is 4.50. The van der Waals surface area contributed by atoms with Crippen LogP contribution in [0.1, 0.15) is 16.7 Å². The SMILES string of the molecule is CNCc1ccccc1COc1cc(F)ccc1C. The van der Waals surface area contributed by atoms with Crippen LogP contribution in [-0.4, -0.2) is 7.05 Å². The number of nitrogens with one attached hydrogen (secondary N) is 1. The molecule has 0 aliphatic carbocycles. The number of rotatable bonds is 5. The van der Waals surface area contributed by atoms with Gasteiger partial charge in [0.1, 0.15) is 18.2 Å². The Kier molecular flexibility index (Phi) is 4.53. The van der Waals surface area contributed by atoms with E-state index in [9.17, 15) is 4.39 Å². The van der Waals surface area contributed by atoms with Crippen LogP contribution in [0.3, 0.4) is 0 Å². The van der Waals surface area contributed by atoms with Gasteiger partial charge in [0.2, 0.25) is 0 Å². The Morgan fingerprint density at radius 1 is 1.11 bits per heavy atom. The summed E-state index contributed by atoms with van der Waals surface area (Å²) in [6, 6.07) is 12.7. The van der Waals surface area contributed by atoms with Crippen LogP contribution in [0.2, 0.25) is 0 Å². The number of hydrogen-bond acceptors (Lipinski definition) is 2. The van der Waals surface area contributed by atoms with Crippen LogP contribution >= 0.6 is 0 Å². The zero-order chi connectivity index (χ0) is 13.7. The van der Waals surface area contributed by atoms with Gasteiger partial charge in [0, 0.05) is 12.6 Å². The lowest BCUT2D eigenvalue weighted by atomic mass is 10.1. The van der Waals surface area contributed by atoms with Gasteiger partial charge in [-0.15, -0.1) is 0 Å². The average Bonchev–Trinajstić information content (AvgIpc) is 2.42. The predicted octanol–water partition coefficient (Wildman–Crippen LogP) is 3.43. The molecule has 100 valence electrons. The van der Waals surface area contributed by atoms with Crippen molar-refractivity contribution >= 4 is 0 Å². The maximum Gasteiger partial charge on any atom is 0.126 e. The lowest BCUT2D eigenvalue weighted by Crippen LogP contribution is -2.09. The van der Waals surface area contributed by atoms with Gasteiger partial charge in [-0.3, -0.25) is 0 Å². The van der Waals surface area contributed by atoms with Crippen molar-refractivity contribution in [3.05, 3.63) is 65.0 Å². The van der Waals surface area contributed by atoms with E-state index < -0.39 is 0 Å². The van der Waals surface area contributed by atoms with E-state index in [-0.39, 0.29) is 5.82 Å². The summed E-state index contributed by atoms with van der Waals surface area (Å²) in [5.74, 6) is 0.323. The first-order valence-electron chi connectivity index (χ1n) is 6.31. The summed E-state index contributed by atoms with van der Waals surface area (Å²) in [6.45, 7) is 3.15. The van der Waals surface area contributed by atoms with E-state index >= 15 is 0 Å². The minimum Gasteiger partial charge on any atom is -0.489 e. The summed E-state index contributed by atoms with van der Waals surface area (Å²) in [5.41, 5.74) is 3.24. The van der Waals surface area contributed by atoms with Crippen LogP contribution in [0.15, 0.2) is 42.5 Å². The fraction of sp³-hybridized carbons (Fsp3) is 0.250. The summed E-state index contributed by atoms with van der Waals surface area (Å²) in [5, 5.41) is 3.13. The highest BCUT2D eigenvalue weighted by atomic mass is 19.1. The average molecular weight is 259 g/mol. The molecule has 0 bridgehead atoms. The Morgan fingerprint density at radius 2 is 1.84 bits per heavy atom. The minimum atomic E-state index is -0.274. The van der Waals surface area contributed by atoms with Crippen molar-refractivity contribution in [1.29, 1.82) is 0 Å². The molecule has 0 fully saturated rings. The van der Waals surface area contributed by atoms with Gasteiger partial charge in [0.05, 0.1) is 0 Å². The fourth-order valence-corrected chi connectivity index (χ4v) is 1.95. The molecular formula is C16H18FNO. The van der Waals surface area contributed by atoms with Crippen molar-refractivity contribution in [2.24, 2.45) is 0 Å². The van der Waals surface area contributed by atoms with Gasteiger partial charge in [-0.1, -0.05) is 30.3 Å². The maximum absolute atomic E-state index is 13.2. The Bertz CT molecular complexity index is 554. The number of halogens is 1. The molecule has 0 spiro atoms. The smallest absolute Gasteiger partial charge is 0.126 e. The molecule has 0 aliphatic heterocycles. The van der Waals surface area contributed by atoms with Crippen molar-refractivity contribution in [3.8, 4) is 5.75 Å². The van der Waals surface area contributed by atoms with E-state index in [1.807, 2.05) is 32.2 Å². The second-order valence-electron chi connectivity index (χ2n) is 4.50. The highest BCUT2D eigenvalue weighted by Gasteiger charge is 2.05. The van der Waals surface area contributed by atoms with Crippen molar-refractivity contribution in [2.75, 3.05) is 7.05 Å². The number of aryl methyl sites for hydroxylation is 1. The molecule has 2 aromatic rings. The Labute approximate surface area is 113 Å². The maximum atomic E-state index is 13.2. The summed E-state index contributed by atoms with van der Waals surface area (Å²) >= 11 is 0. The normalized spacial score (nSPS) is 10.5. The molecule has 0 saturated carbocycles. The first-order chi connectivity index (χ1) is 9.20. The van der Waals surface area contributed by atoms with Crippen LogP contribution in [0.4, 0.5) is 4.39 Å². The monoisotopic (exact) mass is 259 g/mol. The third kappa shape index (κ3) is 3.55. The number of hydrogen-bond donors (Lipinski definition) is 1. The summed E-state index contributed by atoms with van der Waals surface area (Å²) in [7, 11) is 1.91. The molecule has 2 nitrogen and oxygen atoms in total. The predicted molar refractivity (Wildman–Crippen MR) is 74.7 cm³/mol. The quantitative estimate of drug-likeness (QED) is 0.888. The highest BCUT2D eigenvalue weighted by molar-refractivity contribution is 5.33. The van der Waals surface area contributed by atoms with Crippen molar-refractivity contribution in [2.45, 2.75) is 20.1 Å². The molecule has 2 aromatic carbocycles. The summed E-state index contributed by atoms with van der Waals surface area (Å²) in [4.78, 5) is 0. The zero-order valence-corrected chi connectivity index (χ0v) is 11.2. The molecule has 0 radical (unpaired) electrons. The minimum absolute atomic E-state index is 0.274. The summed E-state index contributed by atoms with van der Waals surface area (Å²) in [6.07, 6.45) is 0. The largest absolute Gasteiger partial charge is 0.489 e. The Balaban J connectivity index is 2.12. The van der Waals surface area contributed by atoms with E-state index in [2.05, 4.69) is 11.4 Å². The van der Waals surface area contributed by atoms with Gasteiger partial charge >= 0.3 is 0 Å². The van der Waals surface area contributed by atoms with E-state index in [4.69, 9.17) is 4.74 Å². The molecule has 1 N–H and O–H groups in total. The van der Waals surface area contributed by atoms with Gasteiger partial charge in [0.25, 0.3) is 0 Å². The van der Waals surface area contributed by atoms with E-state index in [1.54, 1.807) is 6.07 Å². The van der Waals surface area contributed by atoms with Gasteiger partial charge in [0.15, 0.2) is 0 Å². The van der Waals surface area contributed by atoms with Crippen molar-refractivity contribution < 1.29 is 9.13 Å². The Morgan fingerprint density at radius 3 is 2.58 bits per heavy atom. The third-order valence-corrected chi connectivity index (χ3v) is 3.02. The summed E-state index contributed by atoms with van der Waals surface area (Å²) < 4.78 is 18.9. The standard InChI is InChI=1S/C16H18FNO/c1-12-7-8-15(17)9-16(12)19-11-14-6-4-3-5-13(14)10-18-2/h3-9,18H,10-11H2,1-2H3. The number of ether oxygens (including phenoxy) is 1. The van der Waals surface area contributed by atoms with E-state index in [1.165, 1.54) is 17.7 Å². The lowest BCUT2D eigenvalue weighted by molar-refractivity contribution is 0.301. The van der Waals surface area contributed by atoms with Gasteiger partial charge in [-0.05, 0) is 36.7 Å². The molecule has 0 aromatic heterocycles. The third-order valence-electron chi connectivity index (χ3n) is 3.02. The topological polar surface area (TPSA) is 21.3 Å². The molecule has 2 rings (SSSR count). The van der Waals surface area contributed by atoms with E-state index in [0.717, 1.165) is 17.7 Å². The van der Waals surface area contributed by atoms with Crippen molar-refractivity contribution in [1.82, 2.24) is 5.32 Å². The van der Waals surface area contributed by atoms with Crippen LogP contribution < -0.4 is 10.1 Å². The fourth-order valence-electron chi connectivity index (χ4n) is 1.95. The van der Waals surface area contributed by atoms with Crippen LogP contribution in [-0.2, 0) is 13.2 Å². The first-order valence-corrected chi connectivity index (χ1v) is 6.31. The molecule has 3 heteroatoms. The molecule has 0 aliphatic rings. The highest BCUT2D eigenvalue weighted by Crippen LogP contribution is 2.21. The van der Waals surface area contributed by atoms with Crippen molar-refractivity contribution in [3.63, 3.8) is 0 Å². The van der Waals surface area contributed by atoms with E-state index in [0.29, 0.717) is 12.4 Å². The van der Waals surface area contributed by atoms with Gasteiger partial charge in [-0.2, -0.15) is 0 Å².